The summed E-state index contributed by atoms with van der Waals surface area (Å²) in [7, 11) is 3.34. The van der Waals surface area contributed by atoms with E-state index in [1.807, 2.05) is 42.7 Å². The molecule has 3 rings (SSSR count). The maximum Gasteiger partial charge on any atom is 0.164 e. The summed E-state index contributed by atoms with van der Waals surface area (Å²) in [6, 6.07) is 25.6. The molecular formula is C25H25N3O2S. The molecule has 0 saturated carbocycles. The monoisotopic (exact) mass is 431 g/mol. The standard InChI is InChI=1S/C25H25N3O2S/c1-29-23-12-6-20(7-13-23)17-28(18-21-8-14-24(30-2)15-9-21)25(31-3)27-22-10-4-19(16-26)5-11-22/h4-15H,17-18H2,1-3H3. The highest BCUT2D eigenvalue weighted by molar-refractivity contribution is 8.13. The Morgan fingerprint density at radius 1 is 0.839 bits per heavy atom. The lowest BCUT2D eigenvalue weighted by Crippen LogP contribution is -2.27. The van der Waals surface area contributed by atoms with Crippen molar-refractivity contribution in [2.24, 2.45) is 4.99 Å². The maximum atomic E-state index is 9.03. The van der Waals surface area contributed by atoms with E-state index in [0.29, 0.717) is 18.7 Å². The quantitative estimate of drug-likeness (QED) is 0.358. The molecular weight excluding hydrogens is 406 g/mol. The minimum Gasteiger partial charge on any atom is -0.497 e. The average molecular weight is 432 g/mol. The smallest absolute Gasteiger partial charge is 0.164 e. The zero-order valence-electron chi connectivity index (χ0n) is 17.9. The van der Waals surface area contributed by atoms with E-state index >= 15 is 0 Å². The molecule has 3 aromatic carbocycles. The number of rotatable bonds is 7. The molecule has 158 valence electrons. The minimum atomic E-state index is 0.623. The van der Waals surface area contributed by atoms with Gasteiger partial charge in [0.15, 0.2) is 5.17 Å². The van der Waals surface area contributed by atoms with Crippen molar-refractivity contribution in [3.05, 3.63) is 89.5 Å². The Morgan fingerprint density at radius 3 is 1.71 bits per heavy atom. The van der Waals surface area contributed by atoms with Crippen LogP contribution in [0.2, 0.25) is 0 Å². The molecule has 0 unspecified atom stereocenters. The van der Waals surface area contributed by atoms with Gasteiger partial charge in [-0.3, -0.25) is 0 Å². The van der Waals surface area contributed by atoms with Crippen LogP contribution in [0.5, 0.6) is 11.5 Å². The van der Waals surface area contributed by atoms with Gasteiger partial charge < -0.3 is 14.4 Å². The van der Waals surface area contributed by atoms with E-state index in [-0.39, 0.29) is 0 Å². The number of nitrogens with zero attached hydrogens (tertiary/aromatic N) is 3. The third kappa shape index (κ3) is 6.27. The van der Waals surface area contributed by atoms with Crippen molar-refractivity contribution in [1.82, 2.24) is 4.90 Å². The molecule has 0 heterocycles. The van der Waals surface area contributed by atoms with Crippen LogP contribution in [0.3, 0.4) is 0 Å². The molecule has 31 heavy (non-hydrogen) atoms. The van der Waals surface area contributed by atoms with Crippen LogP contribution < -0.4 is 9.47 Å². The number of methoxy groups -OCH3 is 2. The SMILES string of the molecule is COc1ccc(CN(Cc2ccc(OC)cc2)C(=Nc2ccc(C#N)cc2)SC)cc1. The summed E-state index contributed by atoms with van der Waals surface area (Å²) in [5.41, 5.74) is 3.77. The Morgan fingerprint density at radius 2 is 1.32 bits per heavy atom. The molecule has 6 heteroatoms. The number of thioether (sulfide) groups is 1. The molecule has 0 saturated heterocycles. The van der Waals surface area contributed by atoms with Crippen LogP contribution in [0.15, 0.2) is 77.8 Å². The third-order valence-electron chi connectivity index (χ3n) is 4.74. The van der Waals surface area contributed by atoms with Gasteiger partial charge in [0.25, 0.3) is 0 Å². The van der Waals surface area contributed by atoms with E-state index in [1.54, 1.807) is 38.1 Å². The molecule has 0 aliphatic rings. The van der Waals surface area contributed by atoms with E-state index in [9.17, 15) is 0 Å². The molecule has 0 amide bonds. The molecule has 0 bridgehead atoms. The summed E-state index contributed by atoms with van der Waals surface area (Å²) in [4.78, 5) is 7.10. The second-order valence-electron chi connectivity index (χ2n) is 6.81. The van der Waals surface area contributed by atoms with Crippen molar-refractivity contribution in [3.63, 3.8) is 0 Å². The fourth-order valence-electron chi connectivity index (χ4n) is 3.06. The molecule has 0 aromatic heterocycles. The summed E-state index contributed by atoms with van der Waals surface area (Å²) in [6.07, 6.45) is 2.03. The highest BCUT2D eigenvalue weighted by Crippen LogP contribution is 2.22. The molecule has 0 radical (unpaired) electrons. The second kappa shape index (κ2) is 11.1. The lowest BCUT2D eigenvalue weighted by Gasteiger charge is -2.25. The van der Waals surface area contributed by atoms with Crippen molar-refractivity contribution >= 4 is 22.6 Å². The highest BCUT2D eigenvalue weighted by Gasteiger charge is 2.13. The summed E-state index contributed by atoms with van der Waals surface area (Å²) in [6.45, 7) is 1.40. The summed E-state index contributed by atoms with van der Waals surface area (Å²) >= 11 is 1.60. The van der Waals surface area contributed by atoms with Crippen LogP contribution in [-0.4, -0.2) is 30.5 Å². The van der Waals surface area contributed by atoms with Crippen molar-refractivity contribution in [2.45, 2.75) is 13.1 Å². The topological polar surface area (TPSA) is 57.9 Å². The van der Waals surface area contributed by atoms with Crippen molar-refractivity contribution < 1.29 is 9.47 Å². The lowest BCUT2D eigenvalue weighted by atomic mass is 10.1. The first-order valence-corrected chi connectivity index (χ1v) is 11.0. The highest BCUT2D eigenvalue weighted by atomic mass is 32.2. The maximum absolute atomic E-state index is 9.03. The number of ether oxygens (including phenoxy) is 2. The molecule has 3 aromatic rings. The Bertz CT molecular complexity index is 991. The van der Waals surface area contributed by atoms with Crippen LogP contribution in [0.1, 0.15) is 16.7 Å². The zero-order valence-corrected chi connectivity index (χ0v) is 18.7. The minimum absolute atomic E-state index is 0.623. The number of amidine groups is 1. The Balaban J connectivity index is 1.90. The van der Waals surface area contributed by atoms with Gasteiger partial charge in [-0.2, -0.15) is 5.26 Å². The van der Waals surface area contributed by atoms with Crippen LogP contribution in [0.4, 0.5) is 5.69 Å². The predicted molar refractivity (Wildman–Crippen MR) is 127 cm³/mol. The molecule has 0 N–H and O–H groups in total. The summed E-state index contributed by atoms with van der Waals surface area (Å²) in [5.74, 6) is 1.67. The first-order valence-electron chi connectivity index (χ1n) is 9.79. The first kappa shape index (κ1) is 22.3. The van der Waals surface area contributed by atoms with Crippen molar-refractivity contribution in [1.29, 1.82) is 5.26 Å². The number of nitriles is 1. The number of hydrogen-bond donors (Lipinski definition) is 0. The molecule has 0 aliphatic carbocycles. The lowest BCUT2D eigenvalue weighted by molar-refractivity contribution is 0.405. The summed E-state index contributed by atoms with van der Waals surface area (Å²) < 4.78 is 10.6. The Hall–Kier alpha value is -3.43. The van der Waals surface area contributed by atoms with E-state index in [2.05, 4.69) is 35.2 Å². The fourth-order valence-corrected chi connectivity index (χ4v) is 3.64. The van der Waals surface area contributed by atoms with Crippen LogP contribution in [0.25, 0.3) is 0 Å². The molecule has 0 atom stereocenters. The number of benzene rings is 3. The average Bonchev–Trinajstić information content (AvgIpc) is 2.83. The van der Waals surface area contributed by atoms with E-state index in [4.69, 9.17) is 19.7 Å². The Kier molecular flexibility index (Phi) is 7.97. The molecule has 0 fully saturated rings. The van der Waals surface area contributed by atoms with Gasteiger partial charge >= 0.3 is 0 Å². The Labute approximate surface area is 187 Å². The predicted octanol–water partition coefficient (Wildman–Crippen LogP) is 5.63. The summed E-state index contributed by atoms with van der Waals surface area (Å²) in [5, 5.41) is 9.93. The van der Waals surface area contributed by atoms with Gasteiger partial charge in [0.05, 0.1) is 31.5 Å². The van der Waals surface area contributed by atoms with E-state index in [1.165, 1.54) is 0 Å². The molecule has 0 aliphatic heterocycles. The first-order chi connectivity index (χ1) is 15.1. The van der Waals surface area contributed by atoms with E-state index < -0.39 is 0 Å². The molecule has 5 nitrogen and oxygen atoms in total. The second-order valence-corrected chi connectivity index (χ2v) is 7.58. The van der Waals surface area contributed by atoms with Gasteiger partial charge in [0, 0.05) is 13.1 Å². The van der Waals surface area contributed by atoms with Gasteiger partial charge in [0.2, 0.25) is 0 Å². The van der Waals surface area contributed by atoms with Crippen molar-refractivity contribution in [2.75, 3.05) is 20.5 Å². The van der Waals surface area contributed by atoms with Crippen molar-refractivity contribution in [3.8, 4) is 17.6 Å². The largest absolute Gasteiger partial charge is 0.497 e. The zero-order chi connectivity index (χ0) is 22.1. The molecule has 0 spiro atoms. The van der Waals surface area contributed by atoms with Gasteiger partial charge in [-0.15, -0.1) is 0 Å². The van der Waals surface area contributed by atoms with Crippen LogP contribution in [0, 0.1) is 11.3 Å². The van der Waals surface area contributed by atoms with Gasteiger partial charge in [-0.1, -0.05) is 36.0 Å². The van der Waals surface area contributed by atoms with Crippen LogP contribution >= 0.6 is 11.8 Å². The number of aliphatic imine (C=N–C) groups is 1. The van der Waals surface area contributed by atoms with Crippen LogP contribution in [-0.2, 0) is 13.1 Å². The third-order valence-corrected chi connectivity index (χ3v) is 5.45. The fraction of sp³-hybridized carbons (Fsp3) is 0.200. The van der Waals surface area contributed by atoms with Gasteiger partial charge in [-0.25, -0.2) is 4.99 Å². The normalized spacial score (nSPS) is 11.0. The van der Waals surface area contributed by atoms with Gasteiger partial charge in [-0.05, 0) is 65.9 Å². The van der Waals surface area contributed by atoms with Gasteiger partial charge in [0.1, 0.15) is 11.5 Å². The van der Waals surface area contributed by atoms with E-state index in [0.717, 1.165) is 33.5 Å². The number of hydrogen-bond acceptors (Lipinski definition) is 5.